The topological polar surface area (TPSA) is 70.4 Å². The van der Waals surface area contributed by atoms with Crippen molar-refractivity contribution in [3.05, 3.63) is 70.5 Å². The highest BCUT2D eigenvalue weighted by molar-refractivity contribution is 9.10. The standard InChI is InChI=1S/C20H16BrFN2O3/c21-16-8-9-18(22)15(13-16)7-10-20(26)27-14-19(25)24(12-4-11-23)17-5-2-1-3-6-17/h1-3,5-10,13H,4,12,14H2/b10-7+. The summed E-state index contributed by atoms with van der Waals surface area (Å²) >= 11 is 3.22. The van der Waals surface area contributed by atoms with Crippen molar-refractivity contribution in [2.24, 2.45) is 0 Å². The van der Waals surface area contributed by atoms with Crippen LogP contribution in [0.4, 0.5) is 10.1 Å². The van der Waals surface area contributed by atoms with Crippen LogP contribution in [-0.4, -0.2) is 25.0 Å². The van der Waals surface area contributed by atoms with Crippen LogP contribution in [0.5, 0.6) is 0 Å². The van der Waals surface area contributed by atoms with Crippen LogP contribution in [0, 0.1) is 17.1 Å². The molecule has 0 aliphatic rings. The summed E-state index contributed by atoms with van der Waals surface area (Å²) in [6, 6.07) is 15.1. The molecule has 0 aliphatic carbocycles. The van der Waals surface area contributed by atoms with Crippen LogP contribution in [0.25, 0.3) is 6.08 Å². The fourth-order valence-electron chi connectivity index (χ4n) is 2.23. The molecule has 2 aromatic carbocycles. The monoisotopic (exact) mass is 430 g/mol. The van der Waals surface area contributed by atoms with Crippen LogP contribution >= 0.6 is 15.9 Å². The van der Waals surface area contributed by atoms with Gasteiger partial charge in [-0.2, -0.15) is 5.26 Å². The molecular formula is C20H16BrFN2O3. The predicted molar refractivity (Wildman–Crippen MR) is 103 cm³/mol. The second kappa shape index (κ2) is 10.2. The zero-order valence-corrected chi connectivity index (χ0v) is 15.9. The third-order valence-electron chi connectivity index (χ3n) is 3.51. The van der Waals surface area contributed by atoms with Crippen molar-refractivity contribution in [3.63, 3.8) is 0 Å². The van der Waals surface area contributed by atoms with E-state index in [-0.39, 0.29) is 18.5 Å². The normalized spacial score (nSPS) is 10.4. The summed E-state index contributed by atoms with van der Waals surface area (Å²) < 4.78 is 19.2. The van der Waals surface area contributed by atoms with Crippen molar-refractivity contribution < 1.29 is 18.7 Å². The van der Waals surface area contributed by atoms with E-state index >= 15 is 0 Å². The lowest BCUT2D eigenvalue weighted by Gasteiger charge is -2.21. The number of nitrogens with zero attached hydrogens (tertiary/aromatic N) is 2. The van der Waals surface area contributed by atoms with Crippen molar-refractivity contribution >= 4 is 39.6 Å². The maximum absolute atomic E-state index is 13.6. The van der Waals surface area contributed by atoms with Gasteiger partial charge in [-0.05, 0) is 36.4 Å². The van der Waals surface area contributed by atoms with Gasteiger partial charge in [0.25, 0.3) is 5.91 Å². The van der Waals surface area contributed by atoms with Crippen molar-refractivity contribution in [2.45, 2.75) is 6.42 Å². The summed E-state index contributed by atoms with van der Waals surface area (Å²) in [5.41, 5.74) is 0.827. The number of esters is 1. The van der Waals surface area contributed by atoms with E-state index in [0.29, 0.717) is 10.2 Å². The van der Waals surface area contributed by atoms with Gasteiger partial charge in [0, 0.05) is 28.3 Å². The number of carbonyl (C=O) groups excluding carboxylic acids is 2. The Morgan fingerprint density at radius 2 is 1.96 bits per heavy atom. The molecular weight excluding hydrogens is 415 g/mol. The molecule has 0 heterocycles. The van der Waals surface area contributed by atoms with Crippen molar-refractivity contribution in [3.8, 4) is 6.07 Å². The largest absolute Gasteiger partial charge is 0.452 e. The molecule has 138 valence electrons. The highest BCUT2D eigenvalue weighted by Crippen LogP contribution is 2.17. The zero-order valence-electron chi connectivity index (χ0n) is 14.3. The van der Waals surface area contributed by atoms with Crippen molar-refractivity contribution in [2.75, 3.05) is 18.1 Å². The number of anilines is 1. The van der Waals surface area contributed by atoms with E-state index in [9.17, 15) is 14.0 Å². The molecule has 7 heteroatoms. The number of ether oxygens (including phenoxy) is 1. The van der Waals surface area contributed by atoms with E-state index in [1.54, 1.807) is 30.3 Å². The molecule has 5 nitrogen and oxygen atoms in total. The Labute approximate surface area is 164 Å². The SMILES string of the molecule is N#CCCN(C(=O)COC(=O)/C=C/c1cc(Br)ccc1F)c1ccccc1. The number of amides is 1. The average molecular weight is 431 g/mol. The molecule has 0 N–H and O–H groups in total. The lowest BCUT2D eigenvalue weighted by Crippen LogP contribution is -2.35. The van der Waals surface area contributed by atoms with Gasteiger partial charge in [0.2, 0.25) is 0 Å². The van der Waals surface area contributed by atoms with Crippen LogP contribution in [0.3, 0.4) is 0 Å². The third kappa shape index (κ3) is 6.35. The van der Waals surface area contributed by atoms with E-state index in [2.05, 4.69) is 15.9 Å². The number of benzene rings is 2. The van der Waals surface area contributed by atoms with Gasteiger partial charge < -0.3 is 9.64 Å². The number of carbonyl (C=O) groups is 2. The number of para-hydroxylation sites is 1. The van der Waals surface area contributed by atoms with Gasteiger partial charge in [0.1, 0.15) is 5.82 Å². The van der Waals surface area contributed by atoms with Crippen LogP contribution < -0.4 is 4.90 Å². The first-order chi connectivity index (χ1) is 13.0. The first-order valence-electron chi connectivity index (χ1n) is 8.03. The molecule has 27 heavy (non-hydrogen) atoms. The molecule has 2 rings (SSSR count). The Morgan fingerprint density at radius 1 is 1.22 bits per heavy atom. The lowest BCUT2D eigenvalue weighted by molar-refractivity contribution is -0.142. The predicted octanol–water partition coefficient (Wildman–Crippen LogP) is 4.09. The smallest absolute Gasteiger partial charge is 0.331 e. The van der Waals surface area contributed by atoms with Gasteiger partial charge in [-0.1, -0.05) is 34.1 Å². The maximum Gasteiger partial charge on any atom is 0.331 e. The number of hydrogen-bond donors (Lipinski definition) is 0. The Hall–Kier alpha value is -2.98. The van der Waals surface area contributed by atoms with Crippen molar-refractivity contribution in [1.29, 1.82) is 5.26 Å². The van der Waals surface area contributed by atoms with Gasteiger partial charge in [-0.15, -0.1) is 0 Å². The number of hydrogen-bond acceptors (Lipinski definition) is 4. The van der Waals surface area contributed by atoms with Gasteiger partial charge in [0.15, 0.2) is 6.61 Å². The number of halogens is 2. The van der Waals surface area contributed by atoms with E-state index in [1.807, 2.05) is 12.1 Å². The average Bonchev–Trinajstić information content (AvgIpc) is 2.68. The second-order valence-corrected chi connectivity index (χ2v) is 6.31. The third-order valence-corrected chi connectivity index (χ3v) is 4.00. The minimum atomic E-state index is -0.768. The molecule has 1 amide bonds. The molecule has 0 spiro atoms. The fourth-order valence-corrected chi connectivity index (χ4v) is 2.61. The summed E-state index contributed by atoms with van der Waals surface area (Å²) in [6.45, 7) is -0.291. The van der Waals surface area contributed by atoms with Gasteiger partial charge >= 0.3 is 5.97 Å². The Balaban J connectivity index is 1.97. The minimum Gasteiger partial charge on any atom is -0.452 e. The maximum atomic E-state index is 13.6. The quantitative estimate of drug-likeness (QED) is 0.489. The summed E-state index contributed by atoms with van der Waals surface area (Å²) in [4.78, 5) is 25.6. The zero-order chi connectivity index (χ0) is 19.6. The summed E-state index contributed by atoms with van der Waals surface area (Å²) in [5, 5.41) is 8.77. The van der Waals surface area contributed by atoms with E-state index in [1.165, 1.54) is 23.1 Å². The first kappa shape index (κ1) is 20.3. The summed E-state index contributed by atoms with van der Waals surface area (Å²) in [5.74, 6) is -1.70. The van der Waals surface area contributed by atoms with Crippen molar-refractivity contribution in [1.82, 2.24) is 0 Å². The lowest BCUT2D eigenvalue weighted by atomic mass is 10.2. The minimum absolute atomic E-state index is 0.149. The molecule has 0 fully saturated rings. The molecule has 0 aliphatic heterocycles. The first-order valence-corrected chi connectivity index (χ1v) is 8.83. The Kier molecular flexibility index (Phi) is 7.71. The molecule has 0 saturated carbocycles. The van der Waals surface area contributed by atoms with Crippen LogP contribution in [-0.2, 0) is 14.3 Å². The molecule has 0 atom stereocenters. The summed E-state index contributed by atoms with van der Waals surface area (Å²) in [7, 11) is 0. The fraction of sp³-hybridized carbons (Fsp3) is 0.150. The van der Waals surface area contributed by atoms with Crippen LogP contribution in [0.2, 0.25) is 0 Å². The van der Waals surface area contributed by atoms with E-state index in [0.717, 1.165) is 6.08 Å². The van der Waals surface area contributed by atoms with Crippen LogP contribution in [0.1, 0.15) is 12.0 Å². The highest BCUT2D eigenvalue weighted by Gasteiger charge is 2.16. The Bertz CT molecular complexity index is 879. The summed E-state index contributed by atoms with van der Waals surface area (Å²) in [6.07, 6.45) is 2.48. The Morgan fingerprint density at radius 3 is 2.67 bits per heavy atom. The number of nitriles is 1. The van der Waals surface area contributed by atoms with E-state index < -0.39 is 24.3 Å². The number of rotatable bonds is 7. The molecule has 0 radical (unpaired) electrons. The molecule has 0 saturated heterocycles. The highest BCUT2D eigenvalue weighted by atomic mass is 79.9. The van der Waals surface area contributed by atoms with Gasteiger partial charge in [0.05, 0.1) is 12.5 Å². The van der Waals surface area contributed by atoms with Gasteiger partial charge in [-0.3, -0.25) is 4.79 Å². The van der Waals surface area contributed by atoms with Gasteiger partial charge in [-0.25, -0.2) is 9.18 Å². The second-order valence-electron chi connectivity index (χ2n) is 5.40. The molecule has 2 aromatic rings. The molecule has 0 unspecified atom stereocenters. The van der Waals surface area contributed by atoms with E-state index in [4.69, 9.17) is 10.00 Å². The molecule has 0 bridgehead atoms. The molecule has 0 aromatic heterocycles. The van der Waals surface area contributed by atoms with Crippen LogP contribution in [0.15, 0.2) is 59.1 Å².